The summed E-state index contributed by atoms with van der Waals surface area (Å²) >= 11 is 0. The quantitative estimate of drug-likeness (QED) is 0.0253. The fraction of sp³-hybridized carbons (Fsp3) is 0.759. The molecule has 23 heteroatoms. The minimum Gasteiger partial charge on any atom is -0.668 e. The first-order chi connectivity index (χ1) is 38.7. The second kappa shape index (κ2) is 54.2. The van der Waals surface area contributed by atoms with Gasteiger partial charge in [0.25, 0.3) is 0 Å². The molecule has 0 saturated carbocycles. The number of primary amides is 1. The number of amides is 4. The number of rotatable bonds is 49. The van der Waals surface area contributed by atoms with Crippen molar-refractivity contribution in [1.29, 1.82) is 0 Å². The number of nitrogens with two attached hydrogens (primary N) is 1. The summed E-state index contributed by atoms with van der Waals surface area (Å²) in [5.74, 6) is -2.67. The van der Waals surface area contributed by atoms with Gasteiger partial charge in [-0.05, 0) is 68.4 Å². The molecule has 4 amide bonds. The van der Waals surface area contributed by atoms with Crippen LogP contribution >= 0.6 is 21.6 Å². The molecule has 1 fully saturated rings. The summed E-state index contributed by atoms with van der Waals surface area (Å²) in [7, 11) is 4.46. The number of ketones is 3. The van der Waals surface area contributed by atoms with E-state index in [9.17, 15) is 43.5 Å². The molecule has 81 heavy (non-hydrogen) atoms. The summed E-state index contributed by atoms with van der Waals surface area (Å²) in [6.07, 6.45) is 22.7. The van der Waals surface area contributed by atoms with E-state index in [4.69, 9.17) is 35.5 Å². The zero-order chi connectivity index (χ0) is 58.9. The van der Waals surface area contributed by atoms with Gasteiger partial charge in [-0.3, -0.25) is 33.6 Å². The van der Waals surface area contributed by atoms with Gasteiger partial charge >= 0.3 is 57.4 Å². The molecule has 0 radical (unpaired) electrons. The molecule has 9 N–H and O–H groups in total. The van der Waals surface area contributed by atoms with Crippen molar-refractivity contribution in [2.24, 2.45) is 17.6 Å². The first kappa shape index (κ1) is 78.5. The Morgan fingerprint density at radius 1 is 0.679 bits per heavy atom. The molecule has 1 aromatic carbocycles. The van der Waals surface area contributed by atoms with E-state index in [0.717, 1.165) is 37.7 Å². The number of nitrogens with one attached hydrogen (secondary N) is 5. The standard InChI is InChI=1S/C29H43N4O7S2.C29H56N2O7.K.2H2/c1-2-11-40-16-28(38)32-10-4-3-5-24(33-15-27(37)21-14-25(35)23(30)18-42-41-17-21)26(36)13-20(29(31)39)12-19-6-8-22(34)9-7-19;1-36-22-20-31-28(33)26-38-25-24-37-23-21-30-27(32)18-16-14-12-10-8-6-4-2-3-5-7-9-11-13-15-17-19-29(34)35;;;/h6-9,20-21,23-24,30,33-34H,2-5,10-18H2,1H3,(H2,31,39)(H,32,38);2-26H2,1H3,(H,30,32)(H,31,33)(H,34,35);;2*1H/q-1;;+1;;/t20-,21+,23+,24+;;;;/m1..../s1. The molecule has 1 saturated heterocycles. The number of hydrogen-bond donors (Lipinski definition) is 7. The molecular weight excluding hydrogens is 1110 g/mol. The van der Waals surface area contributed by atoms with Gasteiger partial charge in [-0.2, -0.15) is 0 Å². The van der Waals surface area contributed by atoms with Gasteiger partial charge in [-0.1, -0.05) is 137 Å². The molecule has 462 valence electrons. The average molecular weight is 1210 g/mol. The maximum atomic E-state index is 13.4. The number of hydrogen-bond acceptors (Lipinski definition) is 16. The number of benzene rings is 1. The van der Waals surface area contributed by atoms with Crippen LogP contribution in [0.4, 0.5) is 0 Å². The Kier molecular flexibility index (Phi) is 52.5. The van der Waals surface area contributed by atoms with Gasteiger partial charge < -0.3 is 66.7 Å². The van der Waals surface area contributed by atoms with Crippen LogP contribution in [0.3, 0.4) is 0 Å². The van der Waals surface area contributed by atoms with Crippen LogP contribution in [-0.4, -0.2) is 160 Å². The van der Waals surface area contributed by atoms with E-state index in [-0.39, 0.29) is 134 Å². The van der Waals surface area contributed by atoms with Gasteiger partial charge in [0.1, 0.15) is 24.7 Å². The zero-order valence-corrected chi connectivity index (χ0v) is 53.9. The number of phenols is 1. The Morgan fingerprint density at radius 3 is 1.77 bits per heavy atom. The molecule has 1 aliphatic heterocycles. The van der Waals surface area contributed by atoms with E-state index >= 15 is 0 Å². The van der Waals surface area contributed by atoms with Crippen LogP contribution in [0.2, 0.25) is 0 Å². The number of Topliss-reactive ketones (excluding diaryl/α,β-unsaturated/α-hetero) is 3. The number of phenolic OH excluding ortho intramolecular Hbond substituents is 1. The van der Waals surface area contributed by atoms with Crippen molar-refractivity contribution in [2.45, 2.75) is 180 Å². The molecule has 0 spiro atoms. The normalized spacial score (nSPS) is 14.9. The number of carbonyl (C=O) groups is 8. The molecule has 0 aliphatic carbocycles. The maximum Gasteiger partial charge on any atom is 1.00 e. The first-order valence-corrected chi connectivity index (χ1v) is 31.7. The Morgan fingerprint density at radius 2 is 1.20 bits per heavy atom. The number of aromatic hydroxyl groups is 1. The summed E-state index contributed by atoms with van der Waals surface area (Å²) in [6, 6.07) is 4.76. The molecule has 1 aliphatic rings. The number of ether oxygens (including phenoxy) is 4. The molecule has 0 aromatic heterocycles. The Bertz CT molecular complexity index is 1870. The zero-order valence-electron chi connectivity index (χ0n) is 49.2. The van der Waals surface area contributed by atoms with Crippen LogP contribution in [-0.2, 0) is 63.7 Å². The van der Waals surface area contributed by atoms with Crippen molar-refractivity contribution in [3.63, 3.8) is 0 Å². The van der Waals surface area contributed by atoms with E-state index in [2.05, 4.69) is 21.3 Å². The minimum absolute atomic E-state index is 0. The Balaban J connectivity index is -0.00000150. The van der Waals surface area contributed by atoms with Gasteiger partial charge in [0.05, 0.1) is 39.0 Å². The predicted molar refractivity (Wildman–Crippen MR) is 320 cm³/mol. The van der Waals surface area contributed by atoms with Crippen LogP contribution < -0.4 is 78.4 Å². The first-order valence-electron chi connectivity index (χ1n) is 29.2. The number of aliphatic carboxylic acids is 1. The number of methoxy groups -OCH3 is 1. The molecule has 4 atom stereocenters. The van der Waals surface area contributed by atoms with Gasteiger partial charge in [0.2, 0.25) is 23.6 Å². The number of carboxylic acids is 1. The SMILES string of the molecule is CCCOCC(=O)NCCCC[C@H](NCC(=O)[C@@H]1CSSC[C@H]([NH-])C(=O)C1)C(=O)C[C@@H](Cc1ccc(O)cc1)C(N)=O.COCCNC(=O)COCCOCCNC(=O)CCCCCCCCCCCCCCCCCCC(=O)O.[HH].[HH].[K+]. The van der Waals surface area contributed by atoms with E-state index in [1.165, 1.54) is 111 Å². The van der Waals surface area contributed by atoms with Crippen molar-refractivity contribution in [3.05, 3.63) is 35.6 Å². The monoisotopic (exact) mass is 1210 g/mol. The summed E-state index contributed by atoms with van der Waals surface area (Å²) in [4.78, 5) is 96.5. The third kappa shape index (κ3) is 46.5. The van der Waals surface area contributed by atoms with Gasteiger partial charge in [0.15, 0.2) is 11.6 Å². The van der Waals surface area contributed by atoms with Crippen molar-refractivity contribution < 1.29 is 122 Å². The molecule has 1 heterocycles. The third-order valence-electron chi connectivity index (χ3n) is 13.2. The summed E-state index contributed by atoms with van der Waals surface area (Å²) in [6.45, 7) is 5.36. The smallest absolute Gasteiger partial charge is 0.668 e. The van der Waals surface area contributed by atoms with Gasteiger partial charge in [-0.15, -0.1) is 0 Å². The molecule has 20 nitrogen and oxygen atoms in total. The number of unbranched alkanes of at least 4 members (excludes halogenated alkanes) is 16. The number of carboxylic acid groups (broad SMARTS) is 1. The van der Waals surface area contributed by atoms with Crippen LogP contribution in [0.25, 0.3) is 5.73 Å². The second-order valence-electron chi connectivity index (χ2n) is 20.3. The van der Waals surface area contributed by atoms with Crippen molar-refractivity contribution in [3.8, 4) is 5.75 Å². The third-order valence-corrected chi connectivity index (χ3v) is 15.7. The molecule has 1 aromatic rings. The van der Waals surface area contributed by atoms with Crippen LogP contribution in [0, 0.1) is 11.8 Å². The molecule has 2 rings (SSSR count). The van der Waals surface area contributed by atoms with E-state index in [1.54, 1.807) is 19.2 Å². The van der Waals surface area contributed by atoms with Crippen LogP contribution in [0.1, 0.15) is 169 Å². The van der Waals surface area contributed by atoms with Gasteiger partial charge in [-0.25, -0.2) is 0 Å². The van der Waals surface area contributed by atoms with Crippen LogP contribution in [0.15, 0.2) is 24.3 Å². The Hall–Kier alpha value is -2.52. The minimum atomic E-state index is -0.849. The van der Waals surface area contributed by atoms with E-state index < -0.39 is 35.8 Å². The van der Waals surface area contributed by atoms with Crippen molar-refractivity contribution in [2.75, 3.05) is 91.0 Å². The molecule has 0 unspecified atom stereocenters. The average Bonchev–Trinajstić information content (AvgIpc) is 3.42. The maximum absolute atomic E-state index is 13.4. The fourth-order valence-electron chi connectivity index (χ4n) is 8.49. The summed E-state index contributed by atoms with van der Waals surface area (Å²) < 4.78 is 20.7. The molecular formula is C58H103KN6O14S2. The van der Waals surface area contributed by atoms with Gasteiger partial charge in [0, 0.05) is 79.5 Å². The fourth-order valence-corrected chi connectivity index (χ4v) is 10.9. The predicted octanol–water partition coefficient (Wildman–Crippen LogP) is 5.13. The van der Waals surface area contributed by atoms with E-state index in [0.29, 0.717) is 96.3 Å². The number of carbonyl (C=O) groups excluding carboxylic acids is 7. The van der Waals surface area contributed by atoms with Crippen molar-refractivity contribution in [1.82, 2.24) is 21.3 Å². The Labute approximate surface area is 536 Å². The van der Waals surface area contributed by atoms with Crippen molar-refractivity contribution >= 4 is 68.5 Å². The second-order valence-corrected chi connectivity index (χ2v) is 22.9. The molecule has 0 bridgehead atoms. The van der Waals surface area contributed by atoms with E-state index in [1.807, 2.05) is 6.92 Å². The summed E-state index contributed by atoms with van der Waals surface area (Å²) in [5.41, 5.74) is 14.3. The van der Waals surface area contributed by atoms with Crippen LogP contribution in [0.5, 0.6) is 5.75 Å². The largest absolute Gasteiger partial charge is 1.00 e. The summed E-state index contributed by atoms with van der Waals surface area (Å²) in [5, 5.41) is 29.5. The topological polar surface area (TPSA) is 312 Å².